The summed E-state index contributed by atoms with van der Waals surface area (Å²) in [5, 5.41) is 5.44. The van der Waals surface area contributed by atoms with Gasteiger partial charge >= 0.3 is 0 Å². The van der Waals surface area contributed by atoms with E-state index in [1.54, 1.807) is 0 Å². The van der Waals surface area contributed by atoms with Gasteiger partial charge in [-0.2, -0.15) is 0 Å². The van der Waals surface area contributed by atoms with Crippen molar-refractivity contribution in [3.8, 4) is 0 Å². The first kappa shape index (κ1) is 23.9. The van der Waals surface area contributed by atoms with Crippen LogP contribution in [-0.4, -0.2) is 24.9 Å². The lowest BCUT2D eigenvalue weighted by Gasteiger charge is -2.06. The first-order chi connectivity index (χ1) is 12.2. The van der Waals surface area contributed by atoms with Gasteiger partial charge in [0, 0.05) is 13.0 Å². The molecule has 2 N–H and O–H groups in total. The zero-order valence-electron chi connectivity index (χ0n) is 16.8. The SMILES string of the molecule is CCCCCCCCCCCCCCCC(=O)NCC(=O)NCCC. The molecule has 0 radical (unpaired) electrons. The maximum Gasteiger partial charge on any atom is 0.239 e. The van der Waals surface area contributed by atoms with Gasteiger partial charge in [-0.05, 0) is 12.8 Å². The predicted molar refractivity (Wildman–Crippen MR) is 107 cm³/mol. The number of rotatable bonds is 18. The quantitative estimate of drug-likeness (QED) is 0.336. The van der Waals surface area contributed by atoms with E-state index >= 15 is 0 Å². The molecule has 0 fully saturated rings. The van der Waals surface area contributed by atoms with Crippen molar-refractivity contribution >= 4 is 11.8 Å². The summed E-state index contributed by atoms with van der Waals surface area (Å²) in [6.07, 6.45) is 18.4. The molecule has 0 aliphatic rings. The molecule has 0 rings (SSSR count). The largest absolute Gasteiger partial charge is 0.355 e. The molecule has 2 amide bonds. The summed E-state index contributed by atoms with van der Waals surface area (Å²) < 4.78 is 0. The summed E-state index contributed by atoms with van der Waals surface area (Å²) in [5.74, 6) is -0.102. The van der Waals surface area contributed by atoms with Crippen LogP contribution in [0, 0.1) is 0 Å². The van der Waals surface area contributed by atoms with Crippen LogP contribution < -0.4 is 10.6 Å². The fraction of sp³-hybridized carbons (Fsp3) is 0.905. The molecule has 0 spiro atoms. The molecule has 0 saturated heterocycles. The fourth-order valence-corrected chi connectivity index (χ4v) is 2.90. The fourth-order valence-electron chi connectivity index (χ4n) is 2.90. The Morgan fingerprint density at radius 2 is 1.04 bits per heavy atom. The first-order valence-electron chi connectivity index (χ1n) is 10.7. The molecule has 0 saturated carbocycles. The maximum atomic E-state index is 11.6. The highest BCUT2D eigenvalue weighted by atomic mass is 16.2. The van der Waals surface area contributed by atoms with Crippen LogP contribution in [0.3, 0.4) is 0 Å². The minimum atomic E-state index is -0.0967. The summed E-state index contributed by atoms with van der Waals surface area (Å²) >= 11 is 0. The number of hydrogen-bond donors (Lipinski definition) is 2. The van der Waals surface area contributed by atoms with Gasteiger partial charge in [0.2, 0.25) is 11.8 Å². The summed E-state index contributed by atoms with van der Waals surface area (Å²) in [4.78, 5) is 23.0. The Hall–Kier alpha value is -1.06. The van der Waals surface area contributed by atoms with E-state index in [0.29, 0.717) is 13.0 Å². The average Bonchev–Trinajstić information content (AvgIpc) is 2.62. The van der Waals surface area contributed by atoms with Crippen molar-refractivity contribution in [2.24, 2.45) is 0 Å². The minimum Gasteiger partial charge on any atom is -0.355 e. The van der Waals surface area contributed by atoms with Gasteiger partial charge < -0.3 is 10.6 Å². The lowest BCUT2D eigenvalue weighted by atomic mass is 10.0. The molecular formula is C21H42N2O2. The Balaban J connectivity index is 3.22. The topological polar surface area (TPSA) is 58.2 Å². The average molecular weight is 355 g/mol. The van der Waals surface area contributed by atoms with Crippen molar-refractivity contribution in [1.29, 1.82) is 0 Å². The molecule has 0 aromatic rings. The molecule has 0 atom stereocenters. The smallest absolute Gasteiger partial charge is 0.239 e. The maximum absolute atomic E-state index is 11.6. The van der Waals surface area contributed by atoms with Crippen LogP contribution in [0.5, 0.6) is 0 Å². The normalized spacial score (nSPS) is 10.6. The van der Waals surface area contributed by atoms with Crippen molar-refractivity contribution < 1.29 is 9.59 Å². The highest BCUT2D eigenvalue weighted by molar-refractivity contribution is 5.84. The Morgan fingerprint density at radius 1 is 0.560 bits per heavy atom. The van der Waals surface area contributed by atoms with Crippen molar-refractivity contribution in [2.75, 3.05) is 13.1 Å². The van der Waals surface area contributed by atoms with Gasteiger partial charge in [-0.15, -0.1) is 0 Å². The number of unbranched alkanes of at least 4 members (excludes halogenated alkanes) is 12. The van der Waals surface area contributed by atoms with Gasteiger partial charge in [-0.25, -0.2) is 0 Å². The summed E-state index contributed by atoms with van der Waals surface area (Å²) in [6.45, 7) is 5.05. The van der Waals surface area contributed by atoms with E-state index < -0.39 is 0 Å². The second-order valence-electron chi connectivity index (χ2n) is 7.12. The summed E-state index contributed by atoms with van der Waals surface area (Å²) in [6, 6.07) is 0. The van der Waals surface area contributed by atoms with Gasteiger partial charge in [0.25, 0.3) is 0 Å². The van der Waals surface area contributed by atoms with E-state index in [-0.39, 0.29) is 18.4 Å². The standard InChI is InChI=1S/C21H42N2O2/c1-3-5-6-7-8-9-10-11-12-13-14-15-16-17-20(24)23-19-21(25)22-18-4-2/h3-19H2,1-2H3,(H,22,25)(H,23,24). The van der Waals surface area contributed by atoms with Crippen LogP contribution in [0.4, 0.5) is 0 Å². The molecule has 0 aromatic carbocycles. The van der Waals surface area contributed by atoms with Crippen molar-refractivity contribution in [2.45, 2.75) is 110 Å². The molecule has 0 aliphatic heterocycles. The summed E-state index contributed by atoms with van der Waals surface area (Å²) in [7, 11) is 0. The molecular weight excluding hydrogens is 312 g/mol. The molecule has 0 aliphatic carbocycles. The monoisotopic (exact) mass is 354 g/mol. The zero-order valence-corrected chi connectivity index (χ0v) is 16.8. The van der Waals surface area contributed by atoms with Gasteiger partial charge in [0.15, 0.2) is 0 Å². The van der Waals surface area contributed by atoms with Crippen LogP contribution in [0.15, 0.2) is 0 Å². The molecule has 0 bridgehead atoms. The van der Waals surface area contributed by atoms with Crippen LogP contribution in [0.1, 0.15) is 110 Å². The van der Waals surface area contributed by atoms with Crippen LogP contribution in [0.2, 0.25) is 0 Å². The number of nitrogens with one attached hydrogen (secondary N) is 2. The first-order valence-corrected chi connectivity index (χ1v) is 10.7. The van der Waals surface area contributed by atoms with E-state index in [1.807, 2.05) is 6.92 Å². The van der Waals surface area contributed by atoms with Crippen LogP contribution >= 0.6 is 0 Å². The second kappa shape index (κ2) is 19.3. The third-order valence-electron chi connectivity index (χ3n) is 4.53. The molecule has 148 valence electrons. The number of hydrogen-bond acceptors (Lipinski definition) is 2. The van der Waals surface area contributed by atoms with Gasteiger partial charge in [-0.3, -0.25) is 9.59 Å². The second-order valence-corrected chi connectivity index (χ2v) is 7.12. The van der Waals surface area contributed by atoms with Crippen LogP contribution in [0.25, 0.3) is 0 Å². The zero-order chi connectivity index (χ0) is 18.6. The predicted octanol–water partition coefficient (Wildman–Crippen LogP) is 5.11. The Bertz CT molecular complexity index is 319. The highest BCUT2D eigenvalue weighted by Crippen LogP contribution is 2.12. The van der Waals surface area contributed by atoms with E-state index in [9.17, 15) is 9.59 Å². The van der Waals surface area contributed by atoms with E-state index in [1.165, 1.54) is 70.6 Å². The third-order valence-corrected chi connectivity index (χ3v) is 4.53. The number of amides is 2. The van der Waals surface area contributed by atoms with Crippen molar-refractivity contribution in [3.05, 3.63) is 0 Å². The lowest BCUT2D eigenvalue weighted by Crippen LogP contribution is -2.37. The molecule has 0 unspecified atom stereocenters. The van der Waals surface area contributed by atoms with Crippen molar-refractivity contribution in [1.82, 2.24) is 10.6 Å². The molecule has 25 heavy (non-hydrogen) atoms. The van der Waals surface area contributed by atoms with Crippen LogP contribution in [-0.2, 0) is 9.59 Å². The Morgan fingerprint density at radius 3 is 1.52 bits per heavy atom. The molecule has 4 heteroatoms. The molecule has 0 aromatic heterocycles. The minimum absolute atomic E-state index is 0.00489. The lowest BCUT2D eigenvalue weighted by molar-refractivity contribution is -0.126. The number of carbonyl (C=O) groups excluding carboxylic acids is 2. The third kappa shape index (κ3) is 19.1. The summed E-state index contributed by atoms with van der Waals surface area (Å²) in [5.41, 5.74) is 0. The Labute approximate surface area is 155 Å². The number of carbonyl (C=O) groups is 2. The van der Waals surface area contributed by atoms with Gasteiger partial charge in [-0.1, -0.05) is 90.9 Å². The molecule has 4 nitrogen and oxygen atoms in total. The Kier molecular flexibility index (Phi) is 18.5. The van der Waals surface area contributed by atoms with E-state index in [4.69, 9.17) is 0 Å². The highest BCUT2D eigenvalue weighted by Gasteiger charge is 2.04. The van der Waals surface area contributed by atoms with E-state index in [0.717, 1.165) is 19.3 Å². The molecule has 0 heterocycles. The van der Waals surface area contributed by atoms with E-state index in [2.05, 4.69) is 17.6 Å². The van der Waals surface area contributed by atoms with Gasteiger partial charge in [0.1, 0.15) is 0 Å². The van der Waals surface area contributed by atoms with Gasteiger partial charge in [0.05, 0.1) is 6.54 Å². The van der Waals surface area contributed by atoms with Crippen molar-refractivity contribution in [3.63, 3.8) is 0 Å².